The third kappa shape index (κ3) is 6.15. The predicted octanol–water partition coefficient (Wildman–Crippen LogP) is 12.3. The monoisotopic (exact) mass is 629 g/mol. The first-order chi connectivity index (χ1) is 24.0. The van der Waals surface area contributed by atoms with Gasteiger partial charge in [-0.05, 0) is 83.6 Å². The van der Waals surface area contributed by atoms with Gasteiger partial charge in [0.25, 0.3) is 0 Å². The van der Waals surface area contributed by atoms with Gasteiger partial charge in [0.1, 0.15) is 0 Å². The average Bonchev–Trinajstić information content (AvgIpc) is 3.17. The van der Waals surface area contributed by atoms with Crippen LogP contribution in [0.15, 0.2) is 163 Å². The van der Waals surface area contributed by atoms with Crippen molar-refractivity contribution >= 4 is 27.2 Å². The van der Waals surface area contributed by atoms with Crippen LogP contribution < -0.4 is 0 Å². The van der Waals surface area contributed by atoms with Crippen LogP contribution in [0.2, 0.25) is 0 Å². The molecular formula is C46H35N3. The average molecular weight is 630 g/mol. The van der Waals surface area contributed by atoms with Gasteiger partial charge in [-0.25, -0.2) is 9.97 Å². The first-order valence-corrected chi connectivity index (χ1v) is 16.7. The van der Waals surface area contributed by atoms with E-state index < -0.39 is 0 Å². The van der Waals surface area contributed by atoms with Gasteiger partial charge in [0.15, 0.2) is 5.82 Å². The summed E-state index contributed by atoms with van der Waals surface area (Å²) in [7, 11) is 0. The van der Waals surface area contributed by atoms with Crippen LogP contribution in [0.1, 0.15) is 26.3 Å². The lowest BCUT2D eigenvalue weighted by molar-refractivity contribution is 1.18. The van der Waals surface area contributed by atoms with Gasteiger partial charge in [0, 0.05) is 33.8 Å². The minimum atomic E-state index is 0.699. The van der Waals surface area contributed by atoms with Gasteiger partial charge in [-0.2, -0.15) is 0 Å². The number of hydrogen-bond donors (Lipinski definition) is 0. The highest BCUT2D eigenvalue weighted by Gasteiger charge is 2.13. The maximum absolute atomic E-state index is 5.13. The SMILES string of the molecule is CC(C)=C(C)c1ccc(-c2ccc(-c3nc(-c4ccc(-c5cnc6ccccc6c5)cc4)cc(-c4ccc5ccccc5c4)n3)cc2)cc1. The fraction of sp³-hybridized carbons (Fsp3) is 0.0652. The molecule has 0 saturated carbocycles. The molecule has 0 aliphatic rings. The molecule has 234 valence electrons. The molecule has 0 bridgehead atoms. The summed E-state index contributed by atoms with van der Waals surface area (Å²) < 4.78 is 0. The van der Waals surface area contributed by atoms with Crippen molar-refractivity contribution in [1.29, 1.82) is 0 Å². The van der Waals surface area contributed by atoms with E-state index in [1.54, 1.807) is 0 Å². The summed E-state index contributed by atoms with van der Waals surface area (Å²) in [5.74, 6) is 0.699. The smallest absolute Gasteiger partial charge is 0.160 e. The summed E-state index contributed by atoms with van der Waals surface area (Å²) in [5, 5.41) is 3.52. The lowest BCUT2D eigenvalue weighted by Gasteiger charge is -2.11. The zero-order chi connectivity index (χ0) is 33.3. The van der Waals surface area contributed by atoms with Crippen molar-refractivity contribution in [3.8, 4) is 56.2 Å². The van der Waals surface area contributed by atoms with Gasteiger partial charge in [-0.3, -0.25) is 4.98 Å². The van der Waals surface area contributed by atoms with Crippen molar-refractivity contribution in [2.45, 2.75) is 20.8 Å². The van der Waals surface area contributed by atoms with Crippen LogP contribution in [0.3, 0.4) is 0 Å². The number of rotatable bonds is 6. The largest absolute Gasteiger partial charge is 0.256 e. The molecule has 6 aromatic carbocycles. The maximum atomic E-state index is 5.13. The number of allylic oxidation sites excluding steroid dienone is 2. The number of nitrogens with zero attached hydrogens (tertiary/aromatic N) is 3. The van der Waals surface area contributed by atoms with Gasteiger partial charge in [0.2, 0.25) is 0 Å². The Labute approximate surface area is 287 Å². The number of pyridine rings is 1. The Hall–Kier alpha value is -6.19. The molecule has 0 unspecified atom stereocenters. The Kier molecular flexibility index (Phi) is 7.87. The third-order valence-electron chi connectivity index (χ3n) is 9.42. The highest BCUT2D eigenvalue weighted by atomic mass is 14.9. The molecule has 0 spiro atoms. The Bertz CT molecular complexity index is 2490. The number of fused-ring (bicyclic) bond motifs is 2. The molecule has 0 atom stereocenters. The predicted molar refractivity (Wildman–Crippen MR) is 206 cm³/mol. The van der Waals surface area contributed by atoms with Crippen LogP contribution in [0.25, 0.3) is 83.4 Å². The molecule has 0 N–H and O–H groups in total. The fourth-order valence-corrected chi connectivity index (χ4v) is 6.30. The van der Waals surface area contributed by atoms with E-state index in [0.717, 1.165) is 55.7 Å². The third-order valence-corrected chi connectivity index (χ3v) is 9.42. The molecule has 0 aliphatic heterocycles. The molecule has 0 aliphatic carbocycles. The van der Waals surface area contributed by atoms with Crippen molar-refractivity contribution in [2.24, 2.45) is 0 Å². The van der Waals surface area contributed by atoms with Crippen molar-refractivity contribution in [2.75, 3.05) is 0 Å². The summed E-state index contributed by atoms with van der Waals surface area (Å²) in [6, 6.07) is 53.4. The number of benzene rings is 6. The van der Waals surface area contributed by atoms with E-state index >= 15 is 0 Å². The molecular weight excluding hydrogens is 595 g/mol. The van der Waals surface area contributed by atoms with Crippen molar-refractivity contribution < 1.29 is 0 Å². The van der Waals surface area contributed by atoms with Gasteiger partial charge in [-0.1, -0.05) is 133 Å². The fourth-order valence-electron chi connectivity index (χ4n) is 6.30. The van der Waals surface area contributed by atoms with Gasteiger partial charge < -0.3 is 0 Å². The molecule has 2 aromatic heterocycles. The normalized spacial score (nSPS) is 11.2. The lowest BCUT2D eigenvalue weighted by atomic mass is 9.98. The summed E-state index contributed by atoms with van der Waals surface area (Å²) in [5.41, 5.74) is 14.3. The highest BCUT2D eigenvalue weighted by Crippen LogP contribution is 2.32. The molecule has 49 heavy (non-hydrogen) atoms. The molecule has 0 amide bonds. The van der Waals surface area contributed by atoms with Gasteiger partial charge >= 0.3 is 0 Å². The molecule has 3 nitrogen and oxygen atoms in total. The Morgan fingerprint density at radius 3 is 1.61 bits per heavy atom. The molecule has 3 heteroatoms. The second kappa shape index (κ2) is 12.8. The Morgan fingerprint density at radius 2 is 0.918 bits per heavy atom. The van der Waals surface area contributed by atoms with Crippen LogP contribution in [0.4, 0.5) is 0 Å². The summed E-state index contributed by atoms with van der Waals surface area (Å²) in [6.07, 6.45) is 1.94. The van der Waals surface area contributed by atoms with Crippen molar-refractivity contribution in [3.63, 3.8) is 0 Å². The first kappa shape index (κ1) is 30.2. The van der Waals surface area contributed by atoms with Crippen LogP contribution in [0, 0.1) is 0 Å². The minimum Gasteiger partial charge on any atom is -0.256 e. The topological polar surface area (TPSA) is 38.7 Å². The number of para-hydroxylation sites is 1. The number of aromatic nitrogens is 3. The number of hydrogen-bond acceptors (Lipinski definition) is 3. The van der Waals surface area contributed by atoms with E-state index in [1.807, 2.05) is 24.4 Å². The molecule has 2 heterocycles. The molecule has 8 aromatic rings. The van der Waals surface area contributed by atoms with Crippen molar-refractivity contribution in [3.05, 3.63) is 169 Å². The summed E-state index contributed by atoms with van der Waals surface area (Å²) in [6.45, 7) is 6.49. The van der Waals surface area contributed by atoms with E-state index in [4.69, 9.17) is 9.97 Å². The Balaban J connectivity index is 1.17. The molecule has 0 fully saturated rings. The lowest BCUT2D eigenvalue weighted by Crippen LogP contribution is -1.96. The molecule has 8 rings (SSSR count). The zero-order valence-corrected chi connectivity index (χ0v) is 27.9. The molecule has 0 radical (unpaired) electrons. The maximum Gasteiger partial charge on any atom is 0.160 e. The molecule has 0 saturated heterocycles. The van der Waals surface area contributed by atoms with Gasteiger partial charge in [0.05, 0.1) is 16.9 Å². The van der Waals surface area contributed by atoms with E-state index in [1.165, 1.54) is 33.0 Å². The van der Waals surface area contributed by atoms with Gasteiger partial charge in [-0.15, -0.1) is 0 Å². The van der Waals surface area contributed by atoms with E-state index in [2.05, 4.69) is 159 Å². The van der Waals surface area contributed by atoms with Crippen LogP contribution >= 0.6 is 0 Å². The summed E-state index contributed by atoms with van der Waals surface area (Å²) in [4.78, 5) is 14.9. The minimum absolute atomic E-state index is 0.699. The summed E-state index contributed by atoms with van der Waals surface area (Å²) >= 11 is 0. The quantitative estimate of drug-likeness (QED) is 0.184. The zero-order valence-electron chi connectivity index (χ0n) is 27.9. The van der Waals surface area contributed by atoms with E-state index in [0.29, 0.717) is 5.82 Å². The van der Waals surface area contributed by atoms with Crippen LogP contribution in [-0.2, 0) is 0 Å². The van der Waals surface area contributed by atoms with Crippen LogP contribution in [0.5, 0.6) is 0 Å². The standard InChI is InChI=1S/C46H35N3/c1-30(2)31(3)32-12-14-34(15-13-32)35-18-23-38(24-19-35)46-48-44(28-45(49-46)41-25-20-33-8-4-5-9-39(33)26-41)37-21-16-36(17-22-37)42-27-40-10-6-7-11-43(40)47-29-42/h4-29H,1-3H3. The first-order valence-electron chi connectivity index (χ1n) is 16.7. The van der Waals surface area contributed by atoms with Crippen LogP contribution in [-0.4, -0.2) is 15.0 Å². The highest BCUT2D eigenvalue weighted by molar-refractivity contribution is 5.88. The Morgan fingerprint density at radius 1 is 0.408 bits per heavy atom. The van der Waals surface area contributed by atoms with Crippen molar-refractivity contribution in [1.82, 2.24) is 15.0 Å². The second-order valence-corrected chi connectivity index (χ2v) is 12.8. The van der Waals surface area contributed by atoms with E-state index in [9.17, 15) is 0 Å². The second-order valence-electron chi connectivity index (χ2n) is 12.8. The van der Waals surface area contributed by atoms with E-state index in [-0.39, 0.29) is 0 Å².